The number of nitrogens with two attached hydrogens (primary N) is 1. The first-order valence-corrected chi connectivity index (χ1v) is 8.41. The number of aliphatic hydroxyl groups is 1. The van der Waals surface area contributed by atoms with E-state index in [0.29, 0.717) is 18.4 Å². The summed E-state index contributed by atoms with van der Waals surface area (Å²) in [5.41, 5.74) is 6.41. The van der Waals surface area contributed by atoms with Gasteiger partial charge >= 0.3 is 0 Å². The van der Waals surface area contributed by atoms with E-state index in [2.05, 4.69) is 0 Å². The van der Waals surface area contributed by atoms with Crippen molar-refractivity contribution < 1.29 is 17.9 Å². The van der Waals surface area contributed by atoms with Crippen LogP contribution in [0.3, 0.4) is 0 Å². The topological polar surface area (TPSA) is 83.6 Å². The van der Waals surface area contributed by atoms with E-state index >= 15 is 0 Å². The Hall–Kier alpha value is -1.18. The number of likely N-dealkylation sites (N-methyl/N-ethyl adjacent to an activating group) is 1. The summed E-state index contributed by atoms with van der Waals surface area (Å²) in [6, 6.07) is 1.74. The summed E-state index contributed by atoms with van der Waals surface area (Å²) in [4.78, 5) is -0.439. The average molecular weight is 316 g/mol. The van der Waals surface area contributed by atoms with E-state index in [0.717, 1.165) is 29.3 Å². The molecule has 0 saturated heterocycles. The molecule has 0 bridgehead atoms. The number of hydrogen-bond acceptors (Lipinski definition) is 4. The van der Waals surface area contributed by atoms with E-state index in [-0.39, 0.29) is 5.69 Å². The minimum absolute atomic E-state index is 0.229. The highest BCUT2D eigenvalue weighted by Crippen LogP contribution is 2.29. The average Bonchev–Trinajstić information content (AvgIpc) is 2.42. The summed E-state index contributed by atoms with van der Waals surface area (Å²) in [5.74, 6) is -0.821. The molecular weight excluding hydrogens is 295 g/mol. The van der Waals surface area contributed by atoms with Gasteiger partial charge in [-0.3, -0.25) is 0 Å². The molecule has 1 aliphatic carbocycles. The maximum absolute atomic E-state index is 14.0. The number of hydrogen-bond donors (Lipinski definition) is 2. The lowest BCUT2D eigenvalue weighted by atomic mass is 9.93. The molecule has 1 aliphatic rings. The fraction of sp³-hybridized carbons (Fsp3) is 0.571. The number of aliphatic hydroxyl groups excluding tert-OH is 1. The number of benzene rings is 1. The van der Waals surface area contributed by atoms with E-state index < -0.39 is 32.9 Å². The lowest BCUT2D eigenvalue weighted by Crippen LogP contribution is -2.46. The molecule has 7 heteroatoms. The van der Waals surface area contributed by atoms with Crippen molar-refractivity contribution in [1.29, 1.82) is 0 Å². The Kier molecular flexibility index (Phi) is 4.55. The van der Waals surface area contributed by atoms with Gasteiger partial charge < -0.3 is 10.8 Å². The number of nitrogens with zero attached hydrogens (tertiary/aromatic N) is 1. The van der Waals surface area contributed by atoms with E-state index in [4.69, 9.17) is 5.73 Å². The standard InChI is InChI=1S/C14H21FN2O3S/c1-9-7-10(15)14(8-11(9)16)21(19,20)17(2)12-5-3-4-6-13(12)18/h7-8,12-13,18H,3-6,16H2,1-2H3. The molecule has 0 spiro atoms. The van der Waals surface area contributed by atoms with Gasteiger partial charge in [0.1, 0.15) is 10.7 Å². The first-order chi connectivity index (χ1) is 9.75. The summed E-state index contributed by atoms with van der Waals surface area (Å²) in [6.45, 7) is 1.61. The Morgan fingerprint density at radius 1 is 1.33 bits per heavy atom. The molecule has 21 heavy (non-hydrogen) atoms. The van der Waals surface area contributed by atoms with E-state index in [1.165, 1.54) is 7.05 Å². The number of aryl methyl sites for hydroxylation is 1. The van der Waals surface area contributed by atoms with Gasteiger partial charge in [0.05, 0.1) is 12.1 Å². The Morgan fingerprint density at radius 2 is 1.95 bits per heavy atom. The molecule has 118 valence electrons. The Balaban J connectivity index is 2.39. The first kappa shape index (κ1) is 16.2. The molecule has 2 rings (SSSR count). The molecular formula is C14H21FN2O3S. The first-order valence-electron chi connectivity index (χ1n) is 6.97. The number of rotatable bonds is 3. The van der Waals surface area contributed by atoms with Crippen molar-refractivity contribution in [3.63, 3.8) is 0 Å². The molecule has 5 nitrogen and oxygen atoms in total. The maximum atomic E-state index is 14.0. The van der Waals surface area contributed by atoms with Gasteiger partial charge in [0.15, 0.2) is 0 Å². The Morgan fingerprint density at radius 3 is 2.57 bits per heavy atom. The fourth-order valence-electron chi connectivity index (χ4n) is 2.72. The number of halogens is 1. The van der Waals surface area contributed by atoms with Crippen LogP contribution in [0.25, 0.3) is 0 Å². The third-order valence-corrected chi connectivity index (χ3v) is 6.04. The fourth-order valence-corrected chi connectivity index (χ4v) is 4.21. The second-order valence-electron chi connectivity index (χ2n) is 5.58. The summed E-state index contributed by atoms with van der Waals surface area (Å²) in [7, 11) is -2.64. The normalized spacial score (nSPS) is 23.5. The zero-order chi connectivity index (χ0) is 15.8. The van der Waals surface area contributed by atoms with Crippen LogP contribution < -0.4 is 5.73 Å². The molecule has 0 aliphatic heterocycles. The largest absolute Gasteiger partial charge is 0.398 e. The third kappa shape index (κ3) is 3.04. The number of sulfonamides is 1. The molecule has 0 heterocycles. The zero-order valence-corrected chi connectivity index (χ0v) is 13.0. The minimum Gasteiger partial charge on any atom is -0.398 e. The monoisotopic (exact) mass is 316 g/mol. The second-order valence-corrected chi connectivity index (χ2v) is 7.55. The molecule has 1 aromatic rings. The van der Waals surface area contributed by atoms with Crippen LogP contribution in [0.1, 0.15) is 31.2 Å². The molecule has 1 aromatic carbocycles. The summed E-state index contributed by atoms with van der Waals surface area (Å²) in [6.07, 6.45) is 2.13. The highest BCUT2D eigenvalue weighted by Gasteiger charge is 2.35. The van der Waals surface area contributed by atoms with Crippen LogP contribution in [-0.4, -0.2) is 37.0 Å². The van der Waals surface area contributed by atoms with Crippen LogP contribution in [0.2, 0.25) is 0 Å². The van der Waals surface area contributed by atoms with Crippen LogP contribution in [0, 0.1) is 12.7 Å². The summed E-state index contributed by atoms with van der Waals surface area (Å²) >= 11 is 0. The molecule has 2 atom stereocenters. The molecule has 1 fully saturated rings. The van der Waals surface area contributed by atoms with E-state index in [9.17, 15) is 17.9 Å². The zero-order valence-electron chi connectivity index (χ0n) is 12.2. The van der Waals surface area contributed by atoms with Gasteiger partial charge in [0.25, 0.3) is 0 Å². The Labute approximate surface area is 124 Å². The van der Waals surface area contributed by atoms with Crippen molar-refractivity contribution >= 4 is 15.7 Å². The molecule has 0 radical (unpaired) electrons. The third-order valence-electron chi connectivity index (χ3n) is 4.14. The van der Waals surface area contributed by atoms with Crippen molar-refractivity contribution in [2.45, 2.75) is 49.6 Å². The molecule has 3 N–H and O–H groups in total. The van der Waals surface area contributed by atoms with E-state index in [1.54, 1.807) is 6.92 Å². The number of nitrogen functional groups attached to an aromatic ring is 1. The van der Waals surface area contributed by atoms with Gasteiger partial charge in [-0.25, -0.2) is 12.8 Å². The van der Waals surface area contributed by atoms with Crippen molar-refractivity contribution in [2.24, 2.45) is 0 Å². The molecule has 2 unspecified atom stereocenters. The van der Waals surface area contributed by atoms with E-state index in [1.807, 2.05) is 0 Å². The van der Waals surface area contributed by atoms with Gasteiger partial charge in [-0.15, -0.1) is 0 Å². The van der Waals surface area contributed by atoms with Crippen LogP contribution in [0.5, 0.6) is 0 Å². The maximum Gasteiger partial charge on any atom is 0.246 e. The van der Waals surface area contributed by atoms with Crippen LogP contribution >= 0.6 is 0 Å². The van der Waals surface area contributed by atoms with Crippen molar-refractivity contribution in [2.75, 3.05) is 12.8 Å². The number of anilines is 1. The summed E-state index contributed by atoms with van der Waals surface area (Å²) in [5, 5.41) is 9.99. The van der Waals surface area contributed by atoms with Gasteiger partial charge in [-0.2, -0.15) is 4.31 Å². The van der Waals surface area contributed by atoms with Crippen molar-refractivity contribution in [3.8, 4) is 0 Å². The predicted octanol–water partition coefficient (Wildman–Crippen LogP) is 1.64. The lowest BCUT2D eigenvalue weighted by molar-refractivity contribution is 0.0637. The quantitative estimate of drug-likeness (QED) is 0.830. The Bertz CT molecular complexity index is 633. The van der Waals surface area contributed by atoms with Gasteiger partial charge in [-0.05, 0) is 37.5 Å². The minimum atomic E-state index is -4.02. The SMILES string of the molecule is Cc1cc(F)c(S(=O)(=O)N(C)C2CCCCC2O)cc1N. The highest BCUT2D eigenvalue weighted by molar-refractivity contribution is 7.89. The molecule has 0 amide bonds. The smallest absolute Gasteiger partial charge is 0.246 e. The lowest BCUT2D eigenvalue weighted by Gasteiger charge is -2.34. The summed E-state index contributed by atoms with van der Waals surface area (Å²) < 4.78 is 40.3. The highest BCUT2D eigenvalue weighted by atomic mass is 32.2. The van der Waals surface area contributed by atoms with Crippen LogP contribution in [0.15, 0.2) is 17.0 Å². The van der Waals surface area contributed by atoms with Crippen LogP contribution in [0.4, 0.5) is 10.1 Å². The predicted molar refractivity (Wildman–Crippen MR) is 78.8 cm³/mol. The van der Waals surface area contributed by atoms with Crippen molar-refractivity contribution in [3.05, 3.63) is 23.5 Å². The molecule has 0 aromatic heterocycles. The van der Waals surface area contributed by atoms with Gasteiger partial charge in [-0.1, -0.05) is 12.8 Å². The van der Waals surface area contributed by atoms with Gasteiger partial charge in [0, 0.05) is 12.7 Å². The molecule has 1 saturated carbocycles. The van der Waals surface area contributed by atoms with Gasteiger partial charge in [0.2, 0.25) is 10.0 Å². The second kappa shape index (κ2) is 5.90. The van der Waals surface area contributed by atoms with Crippen molar-refractivity contribution in [1.82, 2.24) is 4.31 Å². The van der Waals surface area contributed by atoms with Crippen LogP contribution in [-0.2, 0) is 10.0 Å².